The summed E-state index contributed by atoms with van der Waals surface area (Å²) in [6.45, 7) is 9.15. The minimum Gasteiger partial charge on any atom is -0.370 e. The highest BCUT2D eigenvalue weighted by atomic mass is 127. The fourth-order valence-corrected chi connectivity index (χ4v) is 6.50. The van der Waals surface area contributed by atoms with E-state index >= 15 is 0 Å². The first-order valence-electron chi connectivity index (χ1n) is 13.2. The fraction of sp³-hybridized carbons (Fsp3) is 0.429. The van der Waals surface area contributed by atoms with Crippen LogP contribution in [0.15, 0.2) is 49.2 Å². The monoisotopic (exact) mass is 657 g/mol. The lowest BCUT2D eigenvalue weighted by Gasteiger charge is -2.24. The van der Waals surface area contributed by atoms with Crippen molar-refractivity contribution in [3.05, 3.63) is 58.3 Å². The molecule has 0 aliphatic carbocycles. The van der Waals surface area contributed by atoms with E-state index in [-0.39, 0.29) is 5.92 Å². The molecule has 1 aliphatic heterocycles. The van der Waals surface area contributed by atoms with E-state index in [0.717, 1.165) is 57.2 Å². The van der Waals surface area contributed by atoms with Crippen LogP contribution in [0.3, 0.4) is 0 Å². The molecule has 0 N–H and O–H groups in total. The van der Waals surface area contributed by atoms with Crippen LogP contribution in [0.25, 0.3) is 22.3 Å². The zero-order valence-electron chi connectivity index (χ0n) is 22.5. The smallest absolute Gasteiger partial charge is 0.145 e. The summed E-state index contributed by atoms with van der Waals surface area (Å²) in [5, 5.41) is 15.1. The maximum Gasteiger partial charge on any atom is 0.145 e. The molecule has 1 saturated heterocycles. The molecule has 1 aliphatic rings. The highest BCUT2D eigenvalue weighted by molar-refractivity contribution is 14.1. The Morgan fingerprint density at radius 1 is 1.26 bits per heavy atom. The van der Waals surface area contributed by atoms with Crippen molar-refractivity contribution in [2.75, 3.05) is 31.3 Å². The van der Waals surface area contributed by atoms with Gasteiger partial charge in [-0.1, -0.05) is 25.7 Å². The molecule has 3 aromatic heterocycles. The minimum absolute atomic E-state index is 0.0759. The molecule has 0 bridgehead atoms. The first kappa shape index (κ1) is 27.7. The first-order chi connectivity index (χ1) is 18.8. The van der Waals surface area contributed by atoms with Crippen molar-refractivity contribution in [1.29, 1.82) is 5.26 Å². The van der Waals surface area contributed by atoms with Gasteiger partial charge in [0.15, 0.2) is 0 Å². The number of ether oxygens (including phenoxy) is 1. The Labute approximate surface area is 243 Å². The molecular formula is C28H33FIN7OSi. The Balaban J connectivity index is 1.32. The Hall–Kier alpha value is -2.82. The summed E-state index contributed by atoms with van der Waals surface area (Å²) in [5.74, 6) is 0.0759. The number of nitrogens with zero attached hydrogens (tertiary/aromatic N) is 7. The number of anilines is 1. The van der Waals surface area contributed by atoms with Gasteiger partial charge in [0.2, 0.25) is 0 Å². The Bertz CT molecular complexity index is 1490. The molecule has 5 rings (SSSR count). The number of hydrogen-bond acceptors (Lipinski definition) is 6. The van der Waals surface area contributed by atoms with Gasteiger partial charge >= 0.3 is 0 Å². The van der Waals surface area contributed by atoms with Crippen LogP contribution in [-0.2, 0) is 11.5 Å². The summed E-state index contributed by atoms with van der Waals surface area (Å²) < 4.78 is 25.0. The zero-order valence-corrected chi connectivity index (χ0v) is 25.7. The van der Waals surface area contributed by atoms with Crippen molar-refractivity contribution in [3.8, 4) is 17.3 Å². The number of hydrogen-bond donors (Lipinski definition) is 0. The summed E-state index contributed by atoms with van der Waals surface area (Å²) in [6, 6.07) is 10.9. The molecule has 1 aromatic carbocycles. The van der Waals surface area contributed by atoms with Gasteiger partial charge in [0.25, 0.3) is 0 Å². The first-order valence-corrected chi connectivity index (χ1v) is 18.0. The summed E-state index contributed by atoms with van der Waals surface area (Å²) in [7, 11) is -1.15. The van der Waals surface area contributed by atoms with Crippen molar-refractivity contribution < 1.29 is 9.13 Å². The largest absolute Gasteiger partial charge is 0.370 e. The van der Waals surface area contributed by atoms with Gasteiger partial charge in [-0.05, 0) is 53.3 Å². The molecule has 0 amide bonds. The Morgan fingerprint density at radius 3 is 2.87 bits per heavy atom. The van der Waals surface area contributed by atoms with Gasteiger partial charge in [0, 0.05) is 60.6 Å². The van der Waals surface area contributed by atoms with Crippen molar-refractivity contribution in [2.45, 2.75) is 44.9 Å². The van der Waals surface area contributed by atoms with Crippen LogP contribution in [-0.4, -0.2) is 58.8 Å². The van der Waals surface area contributed by atoms with Crippen molar-refractivity contribution in [3.63, 3.8) is 0 Å². The summed E-state index contributed by atoms with van der Waals surface area (Å²) in [5.41, 5.74) is 4.01. The van der Waals surface area contributed by atoms with Gasteiger partial charge in [-0.2, -0.15) is 10.4 Å². The summed E-state index contributed by atoms with van der Waals surface area (Å²) in [4.78, 5) is 11.2. The molecule has 4 heterocycles. The topological polar surface area (TPSA) is 84.8 Å². The van der Waals surface area contributed by atoms with E-state index in [2.05, 4.69) is 68.3 Å². The van der Waals surface area contributed by atoms with Gasteiger partial charge < -0.3 is 14.2 Å². The number of aromatic nitrogens is 5. The van der Waals surface area contributed by atoms with Gasteiger partial charge in [-0.25, -0.2) is 14.4 Å². The second-order valence-corrected chi connectivity index (χ2v) is 18.0. The number of nitriles is 1. The molecule has 8 nitrogen and oxygen atoms in total. The molecular weight excluding hydrogens is 624 g/mol. The van der Waals surface area contributed by atoms with Crippen LogP contribution in [0.2, 0.25) is 25.7 Å². The predicted molar refractivity (Wildman–Crippen MR) is 162 cm³/mol. The quantitative estimate of drug-likeness (QED) is 0.116. The summed E-state index contributed by atoms with van der Waals surface area (Å²) >= 11 is 2.19. The number of alkyl halides is 1. The molecule has 204 valence electrons. The average molecular weight is 658 g/mol. The molecule has 0 saturated carbocycles. The van der Waals surface area contributed by atoms with E-state index < -0.39 is 20.8 Å². The SMILES string of the molecule is C[Si](C)(C)CCOCn1ccc2c(-c3cnn(C(CF)[C@H]4CCN(c5cccc(I)c5C#N)C4)c3)ncnc21. The van der Waals surface area contributed by atoms with E-state index in [1.807, 2.05) is 41.2 Å². The van der Waals surface area contributed by atoms with Gasteiger partial charge in [0.1, 0.15) is 31.4 Å². The standard InChI is InChI=1S/C28H33FIN7OSi/c1-39(2,3)12-11-38-19-36-10-8-22-27(32-18-33-28(22)36)21-15-34-37(17-21)26(13-29)20-7-9-35(16-20)25-6-4-5-24(30)23(25)14-31/h4-6,8,10,15,17-18,20,26H,7,9,11-13,16,19H2,1-3H3/t20-,26?/m0/s1. The van der Waals surface area contributed by atoms with Crippen LogP contribution in [0.1, 0.15) is 18.0 Å². The van der Waals surface area contributed by atoms with E-state index in [1.165, 1.54) is 0 Å². The second-order valence-electron chi connectivity index (χ2n) is 11.3. The highest BCUT2D eigenvalue weighted by Gasteiger charge is 2.32. The van der Waals surface area contributed by atoms with Gasteiger partial charge in [-0.3, -0.25) is 4.68 Å². The van der Waals surface area contributed by atoms with Gasteiger partial charge in [-0.15, -0.1) is 0 Å². The number of benzene rings is 1. The van der Waals surface area contributed by atoms with Crippen molar-refractivity contribution in [1.82, 2.24) is 24.3 Å². The van der Waals surface area contributed by atoms with E-state index in [1.54, 1.807) is 17.2 Å². The molecule has 11 heteroatoms. The number of fused-ring (bicyclic) bond motifs is 1. The van der Waals surface area contributed by atoms with E-state index in [4.69, 9.17) is 4.74 Å². The highest BCUT2D eigenvalue weighted by Crippen LogP contribution is 2.35. The van der Waals surface area contributed by atoms with Crippen LogP contribution in [0.4, 0.5) is 10.1 Å². The molecule has 1 unspecified atom stereocenters. The third-order valence-corrected chi connectivity index (χ3v) is 9.97. The number of rotatable bonds is 10. The predicted octanol–water partition coefficient (Wildman–Crippen LogP) is 6.12. The second kappa shape index (κ2) is 11.7. The molecule has 0 spiro atoms. The normalized spacial score (nSPS) is 16.6. The minimum atomic E-state index is -1.15. The molecule has 0 radical (unpaired) electrons. The molecule has 2 atom stereocenters. The molecule has 4 aromatic rings. The maximum absolute atomic E-state index is 14.5. The van der Waals surface area contributed by atoms with Crippen LogP contribution >= 0.6 is 22.6 Å². The third kappa shape index (κ3) is 6.02. The molecule has 39 heavy (non-hydrogen) atoms. The van der Waals surface area contributed by atoms with Crippen LogP contribution < -0.4 is 4.90 Å². The number of halogens is 2. The maximum atomic E-state index is 14.5. The molecule has 1 fully saturated rings. The third-order valence-electron chi connectivity index (χ3n) is 7.37. The lowest BCUT2D eigenvalue weighted by Crippen LogP contribution is -2.26. The Morgan fingerprint density at radius 2 is 2.10 bits per heavy atom. The zero-order chi connectivity index (χ0) is 27.6. The van der Waals surface area contributed by atoms with Crippen molar-refractivity contribution >= 4 is 47.4 Å². The average Bonchev–Trinajstić information content (AvgIpc) is 3.67. The fourth-order valence-electron chi connectivity index (χ4n) is 5.14. The Kier molecular flexibility index (Phi) is 8.34. The van der Waals surface area contributed by atoms with Gasteiger partial charge in [0.05, 0.1) is 29.2 Å². The summed E-state index contributed by atoms with van der Waals surface area (Å²) in [6.07, 6.45) is 8.01. The lowest BCUT2D eigenvalue weighted by molar-refractivity contribution is 0.0899. The van der Waals surface area contributed by atoms with E-state index in [9.17, 15) is 9.65 Å². The lowest BCUT2D eigenvalue weighted by atomic mass is 10.00. The van der Waals surface area contributed by atoms with Crippen molar-refractivity contribution in [2.24, 2.45) is 5.92 Å². The van der Waals surface area contributed by atoms with Crippen LogP contribution in [0.5, 0.6) is 0 Å². The van der Waals surface area contributed by atoms with Crippen LogP contribution in [0, 0.1) is 20.8 Å². The van der Waals surface area contributed by atoms with E-state index in [0.29, 0.717) is 18.8 Å².